The number of hydrogen-bond donors (Lipinski definition) is 1. The van der Waals surface area contributed by atoms with Gasteiger partial charge < -0.3 is 15.0 Å². The van der Waals surface area contributed by atoms with E-state index in [0.717, 1.165) is 5.69 Å². The van der Waals surface area contributed by atoms with E-state index < -0.39 is 0 Å². The summed E-state index contributed by atoms with van der Waals surface area (Å²) in [7, 11) is 3.43. The summed E-state index contributed by atoms with van der Waals surface area (Å²) in [5.74, 6) is -0.187. The van der Waals surface area contributed by atoms with Gasteiger partial charge in [-0.05, 0) is 30.3 Å². The van der Waals surface area contributed by atoms with Gasteiger partial charge in [-0.3, -0.25) is 4.79 Å². The number of hydrogen-bond acceptors (Lipinski definition) is 3. The number of benzene rings is 2. The highest BCUT2D eigenvalue weighted by Crippen LogP contribution is 2.15. The third kappa shape index (κ3) is 4.22. The van der Waals surface area contributed by atoms with Crippen LogP contribution in [0.25, 0.3) is 0 Å². The van der Waals surface area contributed by atoms with Crippen LogP contribution >= 0.6 is 0 Å². The molecule has 0 fully saturated rings. The van der Waals surface area contributed by atoms with Crippen molar-refractivity contribution in [3.8, 4) is 5.75 Å². The summed E-state index contributed by atoms with van der Waals surface area (Å²) < 4.78 is 18.7. The van der Waals surface area contributed by atoms with Crippen LogP contribution in [-0.4, -0.2) is 38.1 Å². The van der Waals surface area contributed by atoms with E-state index in [2.05, 4.69) is 5.32 Å². The average molecular weight is 302 g/mol. The van der Waals surface area contributed by atoms with Crippen molar-refractivity contribution in [1.29, 1.82) is 0 Å². The number of halogens is 1. The predicted octanol–water partition coefficient (Wildman–Crippen LogP) is 3.02. The van der Waals surface area contributed by atoms with E-state index in [1.807, 2.05) is 12.1 Å². The lowest BCUT2D eigenvalue weighted by atomic mass is 10.2. The Balaban J connectivity index is 1.86. The summed E-state index contributed by atoms with van der Waals surface area (Å²) in [5.41, 5.74) is 1.44. The van der Waals surface area contributed by atoms with Crippen LogP contribution in [-0.2, 0) is 0 Å². The molecule has 0 saturated heterocycles. The van der Waals surface area contributed by atoms with Gasteiger partial charge in [0.1, 0.15) is 6.61 Å². The zero-order chi connectivity index (χ0) is 15.9. The molecular weight excluding hydrogens is 283 g/mol. The quantitative estimate of drug-likeness (QED) is 0.834. The minimum atomic E-state index is -0.374. The summed E-state index contributed by atoms with van der Waals surface area (Å²) in [6.07, 6.45) is 0. The molecule has 2 aromatic rings. The second-order valence-electron chi connectivity index (χ2n) is 4.99. The van der Waals surface area contributed by atoms with Crippen molar-refractivity contribution in [1.82, 2.24) is 4.90 Å². The van der Waals surface area contributed by atoms with Crippen molar-refractivity contribution >= 4 is 11.6 Å². The van der Waals surface area contributed by atoms with Crippen LogP contribution < -0.4 is 10.1 Å². The van der Waals surface area contributed by atoms with E-state index in [-0.39, 0.29) is 17.5 Å². The lowest BCUT2D eigenvalue weighted by Crippen LogP contribution is -2.21. The maximum absolute atomic E-state index is 13.4. The fourth-order valence-electron chi connectivity index (χ4n) is 1.94. The Morgan fingerprint density at radius 1 is 1.18 bits per heavy atom. The van der Waals surface area contributed by atoms with Crippen LogP contribution in [0.4, 0.5) is 10.1 Å². The highest BCUT2D eigenvalue weighted by Gasteiger charge is 2.08. The first-order chi connectivity index (χ1) is 10.6. The van der Waals surface area contributed by atoms with Crippen molar-refractivity contribution in [2.24, 2.45) is 0 Å². The van der Waals surface area contributed by atoms with Gasteiger partial charge in [0.15, 0.2) is 11.6 Å². The lowest BCUT2D eigenvalue weighted by molar-refractivity contribution is 0.0827. The molecule has 4 nitrogen and oxygen atoms in total. The smallest absolute Gasteiger partial charge is 0.253 e. The minimum Gasteiger partial charge on any atom is -0.489 e. The molecule has 0 aliphatic carbocycles. The Labute approximate surface area is 129 Å². The number of amides is 1. The molecule has 0 aliphatic heterocycles. The summed E-state index contributed by atoms with van der Waals surface area (Å²) in [4.78, 5) is 13.4. The van der Waals surface area contributed by atoms with Crippen LogP contribution in [0.15, 0.2) is 48.5 Å². The molecule has 0 unspecified atom stereocenters. The number of rotatable bonds is 6. The average Bonchev–Trinajstić information content (AvgIpc) is 2.52. The maximum Gasteiger partial charge on any atom is 0.253 e. The second-order valence-corrected chi connectivity index (χ2v) is 4.99. The second kappa shape index (κ2) is 7.45. The Kier molecular flexibility index (Phi) is 5.36. The predicted molar refractivity (Wildman–Crippen MR) is 84.8 cm³/mol. The molecule has 22 heavy (non-hydrogen) atoms. The largest absolute Gasteiger partial charge is 0.489 e. The SMILES string of the molecule is CN(C)C(=O)c1cccc(NCCOc2ccccc2F)c1. The molecule has 1 amide bonds. The molecule has 1 N–H and O–H groups in total. The number of anilines is 1. The van der Waals surface area contributed by atoms with Gasteiger partial charge in [-0.1, -0.05) is 18.2 Å². The first-order valence-corrected chi connectivity index (χ1v) is 7.01. The van der Waals surface area contributed by atoms with Gasteiger partial charge in [0.25, 0.3) is 5.91 Å². The molecule has 0 aliphatic rings. The van der Waals surface area contributed by atoms with Gasteiger partial charge in [0, 0.05) is 31.9 Å². The third-order valence-corrected chi connectivity index (χ3v) is 3.04. The zero-order valence-corrected chi connectivity index (χ0v) is 12.7. The van der Waals surface area contributed by atoms with Crippen molar-refractivity contribution in [3.63, 3.8) is 0 Å². The van der Waals surface area contributed by atoms with Gasteiger partial charge in [-0.25, -0.2) is 4.39 Å². The van der Waals surface area contributed by atoms with Gasteiger partial charge in [0.05, 0.1) is 0 Å². The summed E-state index contributed by atoms with van der Waals surface area (Å²) in [6.45, 7) is 0.834. The molecular formula is C17H19FN2O2. The van der Waals surface area contributed by atoms with Crippen molar-refractivity contribution in [3.05, 3.63) is 59.9 Å². The van der Waals surface area contributed by atoms with E-state index in [0.29, 0.717) is 18.7 Å². The fourth-order valence-corrected chi connectivity index (χ4v) is 1.94. The van der Waals surface area contributed by atoms with Gasteiger partial charge in [-0.15, -0.1) is 0 Å². The lowest BCUT2D eigenvalue weighted by Gasteiger charge is -2.12. The van der Waals surface area contributed by atoms with Crippen LogP contribution in [0.3, 0.4) is 0 Å². The number of carbonyl (C=O) groups excluding carboxylic acids is 1. The van der Waals surface area contributed by atoms with Crippen LogP contribution in [0.5, 0.6) is 5.75 Å². The fraction of sp³-hybridized carbons (Fsp3) is 0.235. The van der Waals surface area contributed by atoms with Gasteiger partial charge in [-0.2, -0.15) is 0 Å². The Bertz CT molecular complexity index is 644. The number of ether oxygens (including phenoxy) is 1. The molecule has 2 rings (SSSR count). The molecule has 116 valence electrons. The number of nitrogens with zero attached hydrogens (tertiary/aromatic N) is 1. The van der Waals surface area contributed by atoms with E-state index in [1.165, 1.54) is 11.0 Å². The maximum atomic E-state index is 13.4. The van der Waals surface area contributed by atoms with Crippen LogP contribution in [0, 0.1) is 5.82 Å². The summed E-state index contributed by atoms with van der Waals surface area (Å²) >= 11 is 0. The van der Waals surface area contributed by atoms with Crippen LogP contribution in [0.2, 0.25) is 0 Å². The van der Waals surface area contributed by atoms with Crippen molar-refractivity contribution < 1.29 is 13.9 Å². The summed E-state index contributed by atoms with van der Waals surface area (Å²) in [6, 6.07) is 13.5. The molecule has 0 radical (unpaired) electrons. The first kappa shape index (κ1) is 15.8. The normalized spacial score (nSPS) is 10.1. The van der Waals surface area contributed by atoms with Gasteiger partial charge >= 0.3 is 0 Å². The Morgan fingerprint density at radius 3 is 2.68 bits per heavy atom. The molecule has 5 heteroatoms. The zero-order valence-electron chi connectivity index (χ0n) is 12.7. The van der Waals surface area contributed by atoms with E-state index in [9.17, 15) is 9.18 Å². The first-order valence-electron chi connectivity index (χ1n) is 7.01. The van der Waals surface area contributed by atoms with Crippen molar-refractivity contribution in [2.45, 2.75) is 0 Å². The van der Waals surface area contributed by atoms with Crippen molar-refractivity contribution in [2.75, 3.05) is 32.6 Å². The minimum absolute atomic E-state index is 0.0498. The van der Waals surface area contributed by atoms with E-state index in [4.69, 9.17) is 4.74 Å². The van der Waals surface area contributed by atoms with E-state index in [1.54, 1.807) is 44.4 Å². The monoisotopic (exact) mass is 302 g/mol. The van der Waals surface area contributed by atoms with E-state index >= 15 is 0 Å². The highest BCUT2D eigenvalue weighted by molar-refractivity contribution is 5.94. The highest BCUT2D eigenvalue weighted by atomic mass is 19.1. The number of nitrogens with one attached hydrogen (secondary N) is 1. The Morgan fingerprint density at radius 2 is 1.95 bits per heavy atom. The molecule has 0 heterocycles. The van der Waals surface area contributed by atoms with Crippen LogP contribution in [0.1, 0.15) is 10.4 Å². The molecule has 0 spiro atoms. The number of para-hydroxylation sites is 1. The standard InChI is InChI=1S/C17H19FN2O2/c1-20(2)17(21)13-6-5-7-14(12-13)19-10-11-22-16-9-4-3-8-15(16)18/h3-9,12,19H,10-11H2,1-2H3. The van der Waals surface area contributed by atoms with Gasteiger partial charge in [0.2, 0.25) is 0 Å². The molecule has 0 atom stereocenters. The molecule has 0 aromatic heterocycles. The molecule has 0 saturated carbocycles. The summed E-state index contributed by atoms with van der Waals surface area (Å²) in [5, 5.41) is 3.15. The topological polar surface area (TPSA) is 41.6 Å². The molecule has 0 bridgehead atoms. The third-order valence-electron chi connectivity index (χ3n) is 3.04. The Hall–Kier alpha value is -2.56. The number of carbonyl (C=O) groups is 1. The molecule has 2 aromatic carbocycles.